The molecule has 0 aliphatic rings. The van der Waals surface area contributed by atoms with Gasteiger partial charge in [-0.1, -0.05) is 30.3 Å². The van der Waals surface area contributed by atoms with Crippen molar-refractivity contribution in [2.24, 2.45) is 0 Å². The van der Waals surface area contributed by atoms with Gasteiger partial charge in [-0.25, -0.2) is 13.2 Å². The summed E-state index contributed by atoms with van der Waals surface area (Å²) in [6.45, 7) is 4.96. The van der Waals surface area contributed by atoms with Crippen LogP contribution in [0, 0.1) is 0 Å². The average Bonchev–Trinajstić information content (AvgIpc) is 2.77. The Labute approximate surface area is 182 Å². The zero-order valence-electron chi connectivity index (χ0n) is 17.4. The van der Waals surface area contributed by atoms with Gasteiger partial charge in [0.05, 0.1) is 10.6 Å². The summed E-state index contributed by atoms with van der Waals surface area (Å²) >= 11 is 0. The fourth-order valence-corrected chi connectivity index (χ4v) is 3.96. The number of amides is 2. The molecule has 8 heteroatoms. The number of benzene rings is 3. The van der Waals surface area contributed by atoms with E-state index < -0.39 is 10.0 Å². The number of ether oxygens (including phenoxy) is 1. The fraction of sp³-hybridized carbons (Fsp3) is 0.174. The molecule has 2 amide bonds. The lowest BCUT2D eigenvalue weighted by atomic mass is 10.3. The minimum atomic E-state index is -3.85. The number of nitrogens with zero attached hydrogens (tertiary/aromatic N) is 1. The highest BCUT2D eigenvalue weighted by atomic mass is 32.2. The first-order chi connectivity index (χ1) is 14.9. The summed E-state index contributed by atoms with van der Waals surface area (Å²) in [4.78, 5) is 13.9. The highest BCUT2D eigenvalue weighted by Crippen LogP contribution is 2.31. The Morgan fingerprint density at radius 2 is 1.48 bits per heavy atom. The van der Waals surface area contributed by atoms with Gasteiger partial charge in [0.1, 0.15) is 5.75 Å². The average molecular weight is 440 g/mol. The van der Waals surface area contributed by atoms with Crippen LogP contribution in [0.1, 0.15) is 13.8 Å². The van der Waals surface area contributed by atoms with Crippen LogP contribution < -0.4 is 14.8 Å². The van der Waals surface area contributed by atoms with Crippen molar-refractivity contribution in [3.63, 3.8) is 0 Å². The van der Waals surface area contributed by atoms with Crippen LogP contribution in [0.5, 0.6) is 11.5 Å². The van der Waals surface area contributed by atoms with Gasteiger partial charge >= 0.3 is 6.03 Å². The second kappa shape index (κ2) is 9.99. The third-order valence-corrected chi connectivity index (χ3v) is 5.95. The van der Waals surface area contributed by atoms with Gasteiger partial charge in [-0.3, -0.25) is 4.72 Å². The lowest BCUT2D eigenvalue weighted by Crippen LogP contribution is -2.34. The lowest BCUT2D eigenvalue weighted by molar-refractivity contribution is 0.217. The number of rotatable bonds is 8. The van der Waals surface area contributed by atoms with Gasteiger partial charge in [0.2, 0.25) is 0 Å². The molecule has 0 aliphatic heterocycles. The predicted molar refractivity (Wildman–Crippen MR) is 122 cm³/mol. The third-order valence-electron chi connectivity index (χ3n) is 4.57. The van der Waals surface area contributed by atoms with E-state index in [0.29, 0.717) is 36.0 Å². The largest absolute Gasteiger partial charge is 0.455 e. The molecule has 162 valence electrons. The first kappa shape index (κ1) is 22.2. The molecule has 3 aromatic rings. The summed E-state index contributed by atoms with van der Waals surface area (Å²) in [5.41, 5.74) is 0.842. The topological polar surface area (TPSA) is 87.7 Å². The van der Waals surface area contributed by atoms with E-state index in [2.05, 4.69) is 10.0 Å². The Balaban J connectivity index is 1.75. The molecule has 0 saturated carbocycles. The predicted octanol–water partition coefficient (Wildman–Crippen LogP) is 5.15. The second-order valence-corrected chi connectivity index (χ2v) is 8.33. The molecule has 31 heavy (non-hydrogen) atoms. The molecule has 0 atom stereocenters. The number of carbonyl (C=O) groups excluding carboxylic acids is 1. The minimum Gasteiger partial charge on any atom is -0.455 e. The molecular weight excluding hydrogens is 414 g/mol. The number of carbonyl (C=O) groups is 1. The molecule has 0 saturated heterocycles. The summed E-state index contributed by atoms with van der Waals surface area (Å²) in [6.07, 6.45) is 0. The molecule has 0 fully saturated rings. The maximum Gasteiger partial charge on any atom is 0.321 e. The summed E-state index contributed by atoms with van der Waals surface area (Å²) in [5, 5.41) is 2.76. The number of urea groups is 1. The molecule has 3 rings (SSSR count). The van der Waals surface area contributed by atoms with Gasteiger partial charge in [0.25, 0.3) is 10.0 Å². The number of sulfonamides is 1. The lowest BCUT2D eigenvalue weighted by Gasteiger charge is -2.19. The molecule has 0 bridgehead atoms. The van der Waals surface area contributed by atoms with Gasteiger partial charge in [-0.2, -0.15) is 0 Å². The molecular formula is C23H25N3O4S. The highest BCUT2D eigenvalue weighted by molar-refractivity contribution is 7.92. The number of anilines is 2. The van der Waals surface area contributed by atoms with Crippen molar-refractivity contribution in [2.75, 3.05) is 23.1 Å². The number of hydrogen-bond acceptors (Lipinski definition) is 4. The van der Waals surface area contributed by atoms with E-state index in [1.165, 1.54) is 12.1 Å². The van der Waals surface area contributed by atoms with Crippen molar-refractivity contribution in [1.82, 2.24) is 4.90 Å². The maximum absolute atomic E-state index is 12.9. The summed E-state index contributed by atoms with van der Waals surface area (Å²) in [7, 11) is -3.85. The Kier molecular flexibility index (Phi) is 7.15. The van der Waals surface area contributed by atoms with Crippen LogP contribution >= 0.6 is 0 Å². The van der Waals surface area contributed by atoms with Crippen molar-refractivity contribution < 1.29 is 17.9 Å². The molecule has 3 aromatic carbocycles. The molecule has 0 unspecified atom stereocenters. The minimum absolute atomic E-state index is 0.0721. The normalized spacial score (nSPS) is 10.9. The zero-order valence-corrected chi connectivity index (χ0v) is 18.2. The van der Waals surface area contributed by atoms with E-state index in [1.54, 1.807) is 53.4 Å². The molecule has 2 N–H and O–H groups in total. The van der Waals surface area contributed by atoms with E-state index in [1.807, 2.05) is 32.0 Å². The summed E-state index contributed by atoms with van der Waals surface area (Å²) in [5.74, 6) is 0.989. The van der Waals surface area contributed by atoms with Crippen LogP contribution in [0.4, 0.5) is 16.2 Å². The second-order valence-electron chi connectivity index (χ2n) is 6.64. The number of hydrogen-bond donors (Lipinski definition) is 2. The van der Waals surface area contributed by atoms with Crippen molar-refractivity contribution in [3.05, 3.63) is 78.9 Å². The molecule has 0 heterocycles. The Morgan fingerprint density at radius 1 is 0.871 bits per heavy atom. The van der Waals surface area contributed by atoms with Gasteiger partial charge in [0, 0.05) is 18.8 Å². The van der Waals surface area contributed by atoms with Gasteiger partial charge in [-0.05, 0) is 62.4 Å². The van der Waals surface area contributed by atoms with Gasteiger partial charge in [0.15, 0.2) is 5.75 Å². The Morgan fingerprint density at radius 3 is 2.13 bits per heavy atom. The first-order valence-corrected chi connectivity index (χ1v) is 11.4. The van der Waals surface area contributed by atoms with Gasteiger partial charge in [-0.15, -0.1) is 0 Å². The molecule has 0 aromatic heterocycles. The van der Waals surface area contributed by atoms with Crippen LogP contribution in [0.2, 0.25) is 0 Å². The van der Waals surface area contributed by atoms with Crippen LogP contribution in [0.3, 0.4) is 0 Å². The van der Waals surface area contributed by atoms with Crippen molar-refractivity contribution in [1.29, 1.82) is 0 Å². The SMILES string of the molecule is CCN(CC)C(=O)Nc1ccc(S(=O)(=O)Nc2ccccc2Oc2ccccc2)cc1. The molecule has 0 aliphatic carbocycles. The van der Waals surface area contributed by atoms with Crippen molar-refractivity contribution in [3.8, 4) is 11.5 Å². The van der Waals surface area contributed by atoms with E-state index in [-0.39, 0.29) is 10.9 Å². The van der Waals surface area contributed by atoms with E-state index in [0.717, 1.165) is 0 Å². The van der Waals surface area contributed by atoms with Crippen molar-refractivity contribution in [2.45, 2.75) is 18.7 Å². The number of para-hydroxylation sites is 3. The van der Waals surface area contributed by atoms with E-state index >= 15 is 0 Å². The number of nitrogens with one attached hydrogen (secondary N) is 2. The monoisotopic (exact) mass is 439 g/mol. The van der Waals surface area contributed by atoms with Crippen molar-refractivity contribution >= 4 is 27.4 Å². The summed E-state index contributed by atoms with van der Waals surface area (Å²) in [6, 6.07) is 21.7. The van der Waals surface area contributed by atoms with Crippen LogP contribution in [-0.4, -0.2) is 32.4 Å². The smallest absolute Gasteiger partial charge is 0.321 e. The summed E-state index contributed by atoms with van der Waals surface area (Å²) < 4.78 is 34.1. The van der Waals surface area contributed by atoms with E-state index in [9.17, 15) is 13.2 Å². The Hall–Kier alpha value is -3.52. The van der Waals surface area contributed by atoms with Gasteiger partial charge < -0.3 is 15.0 Å². The van der Waals surface area contributed by atoms with E-state index in [4.69, 9.17) is 4.74 Å². The molecule has 0 radical (unpaired) electrons. The standard InChI is InChI=1S/C23H25N3O4S/c1-3-26(4-2)23(27)24-18-14-16-20(17-15-18)31(28,29)25-21-12-8-9-13-22(21)30-19-10-6-5-7-11-19/h5-17,25H,3-4H2,1-2H3,(H,24,27). The van der Waals surface area contributed by atoms with Crippen LogP contribution in [0.15, 0.2) is 83.8 Å². The zero-order chi connectivity index (χ0) is 22.3. The molecule has 0 spiro atoms. The van der Waals surface area contributed by atoms with Crippen LogP contribution in [0.25, 0.3) is 0 Å². The maximum atomic E-state index is 12.9. The van der Waals surface area contributed by atoms with Crippen LogP contribution in [-0.2, 0) is 10.0 Å². The third kappa shape index (κ3) is 5.76. The first-order valence-electron chi connectivity index (χ1n) is 9.93. The molecule has 7 nitrogen and oxygen atoms in total. The highest BCUT2D eigenvalue weighted by Gasteiger charge is 2.17. The Bertz CT molecular complexity index is 1110. The quantitative estimate of drug-likeness (QED) is 0.508. The fourth-order valence-electron chi connectivity index (χ4n) is 2.89.